The summed E-state index contributed by atoms with van der Waals surface area (Å²) in [5, 5.41) is 0. The molecule has 0 saturated carbocycles. The predicted octanol–water partition coefficient (Wildman–Crippen LogP) is 1.76. The molecule has 11 nitrogen and oxygen atoms in total. The van der Waals surface area contributed by atoms with Crippen molar-refractivity contribution in [1.82, 2.24) is 0 Å². The lowest BCUT2D eigenvalue weighted by atomic mass is 9.97. The van der Waals surface area contributed by atoms with Gasteiger partial charge in [-0.05, 0) is 20.8 Å². The van der Waals surface area contributed by atoms with Gasteiger partial charge in [-0.1, -0.05) is 34.8 Å². The van der Waals surface area contributed by atoms with Gasteiger partial charge in [0.15, 0.2) is 18.3 Å². The Morgan fingerprint density at radius 3 is 1.56 bits per heavy atom. The minimum atomic E-state index is -2.56. The Morgan fingerprint density at radius 1 is 0.719 bits per heavy atom. The van der Waals surface area contributed by atoms with Crippen molar-refractivity contribution < 1.29 is 52.4 Å². The van der Waals surface area contributed by atoms with Crippen LogP contribution < -0.4 is 0 Å². The summed E-state index contributed by atoms with van der Waals surface area (Å²) in [5.74, 6) is -5.21. The van der Waals surface area contributed by atoms with Gasteiger partial charge in [-0.2, -0.15) is 0 Å². The molecule has 1 heterocycles. The summed E-state index contributed by atoms with van der Waals surface area (Å²) in [6, 6.07) is 0. The van der Waals surface area contributed by atoms with Gasteiger partial charge in [-0.15, -0.1) is 0 Å². The maximum atomic E-state index is 12.8. The van der Waals surface area contributed by atoms with Crippen LogP contribution in [0.25, 0.3) is 0 Å². The Kier molecular flexibility index (Phi) is 9.58. The fourth-order valence-electron chi connectivity index (χ4n) is 2.59. The van der Waals surface area contributed by atoms with E-state index in [1.165, 1.54) is 0 Å². The Hall–Kier alpha value is -1.82. The van der Waals surface area contributed by atoms with Crippen LogP contribution >= 0.6 is 34.8 Å². The van der Waals surface area contributed by atoms with E-state index in [1.54, 1.807) is 20.8 Å². The first-order valence-corrected chi connectivity index (χ1v) is 10.2. The van der Waals surface area contributed by atoms with E-state index in [2.05, 4.69) is 0 Å². The summed E-state index contributed by atoms with van der Waals surface area (Å²) >= 11 is 16.5. The number of ether oxygens (including phenoxy) is 6. The third kappa shape index (κ3) is 8.61. The highest BCUT2D eigenvalue weighted by Gasteiger charge is 2.57. The van der Waals surface area contributed by atoms with Crippen molar-refractivity contribution in [2.75, 3.05) is 0 Å². The first-order chi connectivity index (χ1) is 14.4. The second kappa shape index (κ2) is 10.9. The van der Waals surface area contributed by atoms with Gasteiger partial charge in [0.05, 0.1) is 0 Å². The highest BCUT2D eigenvalue weighted by atomic mass is 35.6. The highest BCUT2D eigenvalue weighted by Crippen LogP contribution is 2.34. The molecule has 1 rings (SSSR count). The molecule has 0 N–H and O–H groups in total. The van der Waals surface area contributed by atoms with Crippen LogP contribution in [0.2, 0.25) is 0 Å². The number of hydrogen-bond donors (Lipinski definition) is 0. The van der Waals surface area contributed by atoms with Crippen molar-refractivity contribution in [2.45, 2.75) is 81.6 Å². The smallest absolute Gasteiger partial charge is 0.360 e. The Labute approximate surface area is 198 Å². The van der Waals surface area contributed by atoms with Gasteiger partial charge >= 0.3 is 29.8 Å². The lowest BCUT2D eigenvalue weighted by Crippen LogP contribution is -2.64. The number of carbonyl (C=O) groups is 5. The molecule has 5 unspecified atom stereocenters. The van der Waals surface area contributed by atoms with E-state index >= 15 is 0 Å². The molecule has 0 aromatic carbocycles. The van der Waals surface area contributed by atoms with Gasteiger partial charge in [0.1, 0.15) is 5.60 Å². The molecule has 0 aromatic rings. The van der Waals surface area contributed by atoms with Crippen LogP contribution in [0.15, 0.2) is 0 Å². The third-order valence-electron chi connectivity index (χ3n) is 3.49. The average molecular weight is 522 g/mol. The molecule has 1 aliphatic heterocycles. The molecule has 32 heavy (non-hydrogen) atoms. The second-order valence-electron chi connectivity index (χ2n) is 7.58. The van der Waals surface area contributed by atoms with E-state index in [1.807, 2.05) is 0 Å². The summed E-state index contributed by atoms with van der Waals surface area (Å²) in [6.07, 6.45) is -8.67. The summed E-state index contributed by atoms with van der Waals surface area (Å²) in [6.45, 7) is 7.70. The molecule has 1 fully saturated rings. The van der Waals surface area contributed by atoms with Crippen molar-refractivity contribution in [3.8, 4) is 0 Å². The van der Waals surface area contributed by atoms with Crippen molar-refractivity contribution in [1.29, 1.82) is 0 Å². The summed E-state index contributed by atoms with van der Waals surface area (Å²) in [7, 11) is 0. The number of esters is 5. The Balaban J connectivity index is 3.52. The fourth-order valence-corrected chi connectivity index (χ4v) is 2.72. The number of rotatable bonds is 5. The normalized spacial score (nSPS) is 25.8. The molecule has 0 bridgehead atoms. The van der Waals surface area contributed by atoms with E-state index < -0.39 is 69.9 Å². The van der Waals surface area contributed by atoms with Crippen LogP contribution in [-0.2, 0) is 52.4 Å². The number of alkyl halides is 3. The first-order valence-electron chi connectivity index (χ1n) is 9.10. The molecular weight excluding hydrogens is 499 g/mol. The standard InChI is InChI=1S/C18H23Cl3O11/c1-7(22)27-10-11(28-8(2)23)13(29-9(3)24)15(31-16(26)18(19,20)21)30-12(10)14(25)32-17(4,5)6/h10-13,15H,1-6H3. The molecule has 0 aliphatic carbocycles. The zero-order valence-electron chi connectivity index (χ0n) is 18.0. The van der Waals surface area contributed by atoms with Crippen LogP contribution in [0, 0.1) is 0 Å². The molecular formula is C18H23Cl3O11. The number of hydrogen-bond acceptors (Lipinski definition) is 11. The van der Waals surface area contributed by atoms with E-state index in [9.17, 15) is 24.0 Å². The van der Waals surface area contributed by atoms with E-state index in [0.29, 0.717) is 0 Å². The van der Waals surface area contributed by atoms with Crippen LogP contribution in [0.4, 0.5) is 0 Å². The molecule has 0 aromatic heterocycles. The number of halogens is 3. The van der Waals surface area contributed by atoms with Gasteiger partial charge in [0.25, 0.3) is 3.79 Å². The van der Waals surface area contributed by atoms with Crippen molar-refractivity contribution in [2.24, 2.45) is 0 Å². The van der Waals surface area contributed by atoms with Gasteiger partial charge in [0, 0.05) is 20.8 Å². The van der Waals surface area contributed by atoms with E-state index in [-0.39, 0.29) is 0 Å². The zero-order chi connectivity index (χ0) is 25.0. The monoisotopic (exact) mass is 520 g/mol. The molecule has 1 saturated heterocycles. The minimum absolute atomic E-state index is 0.886. The van der Waals surface area contributed by atoms with Crippen molar-refractivity contribution in [3.05, 3.63) is 0 Å². The quantitative estimate of drug-likeness (QED) is 0.297. The zero-order valence-corrected chi connectivity index (χ0v) is 20.3. The van der Waals surface area contributed by atoms with Gasteiger partial charge in [-0.25, -0.2) is 9.59 Å². The molecule has 182 valence electrons. The average Bonchev–Trinajstić information content (AvgIpc) is 2.55. The molecule has 0 spiro atoms. The minimum Gasteiger partial charge on any atom is -0.458 e. The van der Waals surface area contributed by atoms with Crippen molar-refractivity contribution in [3.63, 3.8) is 0 Å². The predicted molar refractivity (Wildman–Crippen MR) is 108 cm³/mol. The SMILES string of the molecule is CC(=O)OC1C(OC(=O)C(Cl)(Cl)Cl)OC(C(=O)OC(C)(C)C)C(OC(C)=O)C1OC(C)=O. The third-order valence-corrected chi connectivity index (χ3v) is 3.96. The van der Waals surface area contributed by atoms with Gasteiger partial charge in [-0.3, -0.25) is 14.4 Å². The van der Waals surface area contributed by atoms with E-state index in [0.717, 1.165) is 20.8 Å². The van der Waals surface area contributed by atoms with Crippen LogP contribution in [-0.4, -0.2) is 69.9 Å². The van der Waals surface area contributed by atoms with Crippen molar-refractivity contribution >= 4 is 64.6 Å². The molecule has 14 heteroatoms. The Morgan fingerprint density at radius 2 is 1.16 bits per heavy atom. The van der Waals surface area contributed by atoms with Crippen LogP contribution in [0.3, 0.4) is 0 Å². The summed E-state index contributed by atoms with van der Waals surface area (Å²) < 4.78 is 28.5. The highest BCUT2D eigenvalue weighted by molar-refractivity contribution is 6.75. The topological polar surface area (TPSA) is 141 Å². The van der Waals surface area contributed by atoms with Gasteiger partial charge < -0.3 is 28.4 Å². The fraction of sp³-hybridized carbons (Fsp3) is 0.722. The Bertz CT molecular complexity index is 756. The number of carbonyl (C=O) groups excluding carboxylic acids is 5. The molecule has 1 aliphatic rings. The summed E-state index contributed by atoms with van der Waals surface area (Å²) in [4.78, 5) is 60.0. The second-order valence-corrected chi connectivity index (χ2v) is 9.86. The lowest BCUT2D eigenvalue weighted by Gasteiger charge is -2.43. The van der Waals surface area contributed by atoms with Crippen LogP contribution in [0.5, 0.6) is 0 Å². The molecule has 0 amide bonds. The summed E-state index contributed by atoms with van der Waals surface area (Å²) in [5.41, 5.74) is -1.01. The molecule has 0 radical (unpaired) electrons. The molecule has 5 atom stereocenters. The maximum Gasteiger partial charge on any atom is 0.360 e. The van der Waals surface area contributed by atoms with Gasteiger partial charge in [0.2, 0.25) is 12.4 Å². The largest absolute Gasteiger partial charge is 0.458 e. The first kappa shape index (κ1) is 28.2. The maximum absolute atomic E-state index is 12.8. The lowest BCUT2D eigenvalue weighted by molar-refractivity contribution is -0.296. The van der Waals surface area contributed by atoms with E-state index in [4.69, 9.17) is 63.2 Å². The van der Waals surface area contributed by atoms with Crippen LogP contribution in [0.1, 0.15) is 41.5 Å².